The van der Waals surface area contributed by atoms with Gasteiger partial charge in [-0.2, -0.15) is 5.26 Å². The van der Waals surface area contributed by atoms with Gasteiger partial charge in [-0.3, -0.25) is 4.79 Å². The van der Waals surface area contributed by atoms with Crippen molar-refractivity contribution in [3.05, 3.63) is 89.7 Å². The van der Waals surface area contributed by atoms with Gasteiger partial charge in [-0.25, -0.2) is 4.98 Å². The van der Waals surface area contributed by atoms with Crippen molar-refractivity contribution < 1.29 is 9.53 Å². The van der Waals surface area contributed by atoms with Gasteiger partial charge >= 0.3 is 0 Å². The summed E-state index contributed by atoms with van der Waals surface area (Å²) in [5, 5.41) is 15.2. The van der Waals surface area contributed by atoms with Crippen molar-refractivity contribution in [1.82, 2.24) is 4.98 Å². The molecular weight excluding hydrogens is 376 g/mol. The van der Waals surface area contributed by atoms with Gasteiger partial charge in [-0.05, 0) is 48.5 Å². The van der Waals surface area contributed by atoms with Gasteiger partial charge in [0.15, 0.2) is 0 Å². The molecule has 7 heteroatoms. The molecule has 0 spiro atoms. The Morgan fingerprint density at radius 3 is 2.46 bits per heavy atom. The van der Waals surface area contributed by atoms with Crippen LogP contribution in [0.15, 0.2) is 84.7 Å². The third-order valence-electron chi connectivity index (χ3n) is 3.54. The summed E-state index contributed by atoms with van der Waals surface area (Å²) in [6.07, 6.45) is 2.80. The fourth-order valence-electron chi connectivity index (χ4n) is 2.21. The Morgan fingerprint density at radius 2 is 1.79 bits per heavy atom. The summed E-state index contributed by atoms with van der Waals surface area (Å²) >= 11 is 5.87. The average Bonchev–Trinajstić information content (AvgIpc) is 2.71. The molecule has 1 heterocycles. The minimum Gasteiger partial charge on any atom is -0.457 e. The molecule has 0 fully saturated rings. The summed E-state index contributed by atoms with van der Waals surface area (Å²) in [6, 6.07) is 21.3. The fourth-order valence-corrected chi connectivity index (χ4v) is 2.37. The Morgan fingerprint density at radius 1 is 1.07 bits per heavy atom. The zero-order chi connectivity index (χ0) is 19.8. The van der Waals surface area contributed by atoms with Gasteiger partial charge in [0.1, 0.15) is 29.0 Å². The summed E-state index contributed by atoms with van der Waals surface area (Å²) in [7, 11) is 0. The zero-order valence-electron chi connectivity index (χ0n) is 14.6. The van der Waals surface area contributed by atoms with Gasteiger partial charge in [-0.15, -0.1) is 0 Å². The van der Waals surface area contributed by atoms with Crippen LogP contribution in [0.2, 0.25) is 5.02 Å². The molecule has 0 radical (unpaired) electrons. The molecule has 0 aliphatic heterocycles. The number of nitriles is 1. The number of nitrogens with zero attached hydrogens (tertiary/aromatic N) is 2. The molecule has 138 valence electrons. The van der Waals surface area contributed by atoms with Crippen LogP contribution >= 0.6 is 11.6 Å². The van der Waals surface area contributed by atoms with E-state index in [0.29, 0.717) is 22.3 Å². The maximum Gasteiger partial charge on any atom is 0.267 e. The number of carbonyl (C=O) groups is 1. The van der Waals surface area contributed by atoms with E-state index < -0.39 is 5.91 Å². The van der Waals surface area contributed by atoms with Crippen molar-refractivity contribution in [2.45, 2.75) is 0 Å². The molecule has 6 nitrogen and oxygen atoms in total. The number of carbonyl (C=O) groups excluding carboxylic acids is 1. The highest BCUT2D eigenvalue weighted by Crippen LogP contribution is 2.22. The minimum atomic E-state index is -0.547. The highest BCUT2D eigenvalue weighted by molar-refractivity contribution is 6.30. The first-order valence-corrected chi connectivity index (χ1v) is 8.64. The fraction of sp³-hybridized carbons (Fsp3) is 0. The maximum atomic E-state index is 12.3. The number of ether oxygens (including phenoxy) is 1. The molecule has 2 aromatic carbocycles. The van der Waals surface area contributed by atoms with Crippen molar-refractivity contribution in [2.24, 2.45) is 0 Å². The van der Waals surface area contributed by atoms with E-state index in [1.165, 1.54) is 12.4 Å². The summed E-state index contributed by atoms with van der Waals surface area (Å²) < 4.78 is 5.70. The number of hydrogen-bond donors (Lipinski definition) is 2. The van der Waals surface area contributed by atoms with Crippen molar-refractivity contribution in [3.8, 4) is 17.6 Å². The number of pyridine rings is 1. The predicted molar refractivity (Wildman–Crippen MR) is 108 cm³/mol. The van der Waals surface area contributed by atoms with Gasteiger partial charge in [0, 0.05) is 23.1 Å². The lowest BCUT2D eigenvalue weighted by molar-refractivity contribution is -0.112. The van der Waals surface area contributed by atoms with E-state index >= 15 is 0 Å². The monoisotopic (exact) mass is 390 g/mol. The Balaban J connectivity index is 1.62. The molecule has 0 aliphatic rings. The summed E-state index contributed by atoms with van der Waals surface area (Å²) in [5.41, 5.74) is 0.429. The van der Waals surface area contributed by atoms with Gasteiger partial charge in [0.05, 0.1) is 0 Å². The number of amides is 1. The van der Waals surface area contributed by atoms with Crippen molar-refractivity contribution in [2.75, 3.05) is 10.6 Å². The lowest BCUT2D eigenvalue weighted by atomic mass is 10.2. The topological polar surface area (TPSA) is 87.0 Å². The second kappa shape index (κ2) is 9.21. The molecular formula is C21H15ClN4O2. The van der Waals surface area contributed by atoms with E-state index in [2.05, 4.69) is 15.6 Å². The Hall–Kier alpha value is -3.82. The predicted octanol–water partition coefficient (Wildman–Crippen LogP) is 4.99. The summed E-state index contributed by atoms with van der Waals surface area (Å²) in [4.78, 5) is 16.3. The van der Waals surface area contributed by atoms with Crippen LogP contribution in [0, 0.1) is 11.3 Å². The van der Waals surface area contributed by atoms with Crippen LogP contribution in [0.3, 0.4) is 0 Å². The van der Waals surface area contributed by atoms with Gasteiger partial charge < -0.3 is 15.4 Å². The number of anilines is 2. The minimum absolute atomic E-state index is 0.105. The number of hydrogen-bond acceptors (Lipinski definition) is 5. The number of halogens is 1. The zero-order valence-corrected chi connectivity index (χ0v) is 15.4. The van der Waals surface area contributed by atoms with E-state index in [1.807, 2.05) is 36.4 Å². The van der Waals surface area contributed by atoms with Gasteiger partial charge in [0.2, 0.25) is 0 Å². The molecule has 0 atom stereocenters. The molecule has 0 unspecified atom stereocenters. The Kier molecular flexibility index (Phi) is 6.24. The summed E-state index contributed by atoms with van der Waals surface area (Å²) in [6.45, 7) is 0. The molecule has 2 N–H and O–H groups in total. The molecule has 0 aliphatic carbocycles. The van der Waals surface area contributed by atoms with E-state index in [1.54, 1.807) is 36.4 Å². The molecule has 0 bridgehead atoms. The van der Waals surface area contributed by atoms with Crippen molar-refractivity contribution in [1.29, 1.82) is 5.26 Å². The Labute approximate surface area is 167 Å². The normalized spacial score (nSPS) is 10.6. The van der Waals surface area contributed by atoms with Crippen LogP contribution in [0.1, 0.15) is 0 Å². The van der Waals surface area contributed by atoms with Crippen LogP contribution in [0.5, 0.6) is 11.5 Å². The number of aromatic nitrogens is 1. The van der Waals surface area contributed by atoms with E-state index in [-0.39, 0.29) is 5.57 Å². The van der Waals surface area contributed by atoms with Crippen LogP contribution in [0.25, 0.3) is 0 Å². The first-order valence-electron chi connectivity index (χ1n) is 8.27. The molecule has 3 rings (SSSR count). The van der Waals surface area contributed by atoms with Crippen LogP contribution in [-0.4, -0.2) is 10.9 Å². The highest BCUT2D eigenvalue weighted by atomic mass is 35.5. The van der Waals surface area contributed by atoms with Crippen LogP contribution < -0.4 is 15.4 Å². The van der Waals surface area contributed by atoms with Gasteiger partial charge in [0.25, 0.3) is 5.91 Å². The van der Waals surface area contributed by atoms with Crippen molar-refractivity contribution in [3.63, 3.8) is 0 Å². The van der Waals surface area contributed by atoms with E-state index in [4.69, 9.17) is 16.3 Å². The molecule has 0 saturated heterocycles. The number of benzene rings is 2. The lowest BCUT2D eigenvalue weighted by Gasteiger charge is -2.08. The average molecular weight is 391 g/mol. The number of nitrogens with one attached hydrogen (secondary N) is 2. The molecule has 3 aromatic rings. The first kappa shape index (κ1) is 19.0. The molecule has 1 amide bonds. The van der Waals surface area contributed by atoms with Gasteiger partial charge in [-0.1, -0.05) is 29.8 Å². The molecule has 1 aromatic heterocycles. The smallest absolute Gasteiger partial charge is 0.267 e. The molecule has 28 heavy (non-hydrogen) atoms. The lowest BCUT2D eigenvalue weighted by Crippen LogP contribution is -2.14. The maximum absolute atomic E-state index is 12.3. The highest BCUT2D eigenvalue weighted by Gasteiger charge is 2.09. The second-order valence-corrected chi connectivity index (χ2v) is 6.00. The number of para-hydroxylation sites is 1. The van der Waals surface area contributed by atoms with E-state index in [9.17, 15) is 10.1 Å². The SMILES string of the molecule is N#C/C(=C/Nc1cc(Cl)ccn1)C(=O)Nc1ccc(Oc2ccccc2)cc1. The third-order valence-corrected chi connectivity index (χ3v) is 3.78. The second-order valence-electron chi connectivity index (χ2n) is 5.57. The number of rotatable bonds is 6. The standard InChI is InChI=1S/C21H15ClN4O2/c22-16-10-11-24-20(12-16)25-14-15(13-23)21(27)26-17-6-8-19(9-7-17)28-18-4-2-1-3-5-18/h1-12,14H,(H,24,25)(H,26,27)/b15-14-. The van der Waals surface area contributed by atoms with E-state index in [0.717, 1.165) is 5.75 Å². The third kappa shape index (κ3) is 5.34. The largest absolute Gasteiger partial charge is 0.457 e. The van der Waals surface area contributed by atoms with Crippen LogP contribution in [0.4, 0.5) is 11.5 Å². The van der Waals surface area contributed by atoms with Crippen molar-refractivity contribution >= 4 is 29.0 Å². The molecule has 0 saturated carbocycles. The Bertz CT molecular complexity index is 1030. The first-order chi connectivity index (χ1) is 13.6. The quantitative estimate of drug-likeness (QED) is 0.457. The summed E-state index contributed by atoms with van der Waals surface area (Å²) in [5.74, 6) is 1.23. The van der Waals surface area contributed by atoms with Crippen LogP contribution in [-0.2, 0) is 4.79 Å².